The van der Waals surface area contributed by atoms with Crippen LogP contribution in [0.15, 0.2) is 18.3 Å². The van der Waals surface area contributed by atoms with E-state index >= 15 is 0 Å². The second kappa shape index (κ2) is 3.09. The molecule has 2 heteroatoms. The van der Waals surface area contributed by atoms with Crippen LogP contribution in [0.5, 0.6) is 0 Å². The van der Waals surface area contributed by atoms with Crippen LogP contribution < -0.4 is 0 Å². The fraction of sp³-hybridized carbons (Fsp3) is 0.500. The van der Waals surface area contributed by atoms with Crippen molar-refractivity contribution in [3.63, 3.8) is 0 Å². The molecule has 16 heavy (non-hydrogen) atoms. The molecule has 1 aliphatic rings. The van der Waals surface area contributed by atoms with Crippen LogP contribution in [-0.4, -0.2) is 9.55 Å². The molecular formula is C14H18N2. The molecule has 0 N–H and O–H groups in total. The van der Waals surface area contributed by atoms with Gasteiger partial charge in [-0.1, -0.05) is 20.8 Å². The average Bonchev–Trinajstić information content (AvgIpc) is 2.73. The predicted octanol–water partition coefficient (Wildman–Crippen LogP) is 3.28. The van der Waals surface area contributed by atoms with Crippen LogP contribution >= 0.6 is 0 Å². The molecule has 0 atom stereocenters. The standard InChI is InChI=1S/C14H18N2/c1-14(2,3)12-10-6-4-8-15-13(10)16-9-5-7-11(12)16/h4,6,8H,5,7,9H2,1-3H3. The van der Waals surface area contributed by atoms with E-state index in [2.05, 4.69) is 36.4 Å². The lowest BCUT2D eigenvalue weighted by atomic mass is 9.84. The minimum Gasteiger partial charge on any atom is -0.329 e. The monoisotopic (exact) mass is 214 g/mol. The summed E-state index contributed by atoms with van der Waals surface area (Å²) in [6.07, 6.45) is 4.38. The fourth-order valence-electron chi connectivity index (χ4n) is 2.97. The van der Waals surface area contributed by atoms with Gasteiger partial charge in [0.25, 0.3) is 0 Å². The van der Waals surface area contributed by atoms with E-state index in [1.807, 2.05) is 12.3 Å². The van der Waals surface area contributed by atoms with Crippen LogP contribution in [0.2, 0.25) is 0 Å². The summed E-state index contributed by atoms with van der Waals surface area (Å²) in [6, 6.07) is 4.27. The van der Waals surface area contributed by atoms with E-state index in [1.165, 1.54) is 35.1 Å². The molecule has 0 amide bonds. The van der Waals surface area contributed by atoms with Crippen LogP contribution in [0, 0.1) is 0 Å². The fourth-order valence-corrected chi connectivity index (χ4v) is 2.97. The van der Waals surface area contributed by atoms with E-state index in [9.17, 15) is 0 Å². The Bertz CT molecular complexity index is 544. The summed E-state index contributed by atoms with van der Waals surface area (Å²) in [7, 11) is 0. The van der Waals surface area contributed by atoms with Crippen molar-refractivity contribution >= 4 is 11.0 Å². The Hall–Kier alpha value is -1.31. The number of hydrogen-bond donors (Lipinski definition) is 0. The molecule has 2 aromatic rings. The van der Waals surface area contributed by atoms with Gasteiger partial charge in [0.05, 0.1) is 0 Å². The predicted molar refractivity (Wildman–Crippen MR) is 66.8 cm³/mol. The first kappa shape index (κ1) is 9.88. The highest BCUT2D eigenvalue weighted by Gasteiger charge is 2.28. The summed E-state index contributed by atoms with van der Waals surface area (Å²) in [5.74, 6) is 0. The third-order valence-corrected chi connectivity index (χ3v) is 3.47. The molecule has 0 aromatic carbocycles. The van der Waals surface area contributed by atoms with E-state index in [-0.39, 0.29) is 5.41 Å². The topological polar surface area (TPSA) is 17.8 Å². The Kier molecular flexibility index (Phi) is 1.91. The van der Waals surface area contributed by atoms with Crippen molar-refractivity contribution < 1.29 is 0 Å². The SMILES string of the molecule is CC(C)(C)c1c2n(c3ncccc13)CCC2. The van der Waals surface area contributed by atoms with Gasteiger partial charge >= 0.3 is 0 Å². The van der Waals surface area contributed by atoms with Gasteiger partial charge in [0, 0.05) is 23.8 Å². The molecule has 1 aliphatic heterocycles. The van der Waals surface area contributed by atoms with Gasteiger partial charge < -0.3 is 4.57 Å². The van der Waals surface area contributed by atoms with E-state index in [4.69, 9.17) is 0 Å². The van der Waals surface area contributed by atoms with Crippen molar-refractivity contribution in [3.8, 4) is 0 Å². The normalized spacial score (nSPS) is 15.7. The van der Waals surface area contributed by atoms with Crippen LogP contribution in [0.1, 0.15) is 38.4 Å². The maximum Gasteiger partial charge on any atom is 0.140 e. The smallest absolute Gasteiger partial charge is 0.140 e. The van der Waals surface area contributed by atoms with Gasteiger partial charge in [-0.25, -0.2) is 4.98 Å². The highest BCUT2D eigenvalue weighted by Crippen LogP contribution is 2.37. The highest BCUT2D eigenvalue weighted by molar-refractivity contribution is 5.83. The van der Waals surface area contributed by atoms with Crippen LogP contribution in [0.4, 0.5) is 0 Å². The molecule has 84 valence electrons. The molecule has 0 aliphatic carbocycles. The van der Waals surface area contributed by atoms with Gasteiger partial charge in [-0.15, -0.1) is 0 Å². The van der Waals surface area contributed by atoms with Crippen LogP contribution in [0.3, 0.4) is 0 Å². The quantitative estimate of drug-likeness (QED) is 0.658. The highest BCUT2D eigenvalue weighted by atomic mass is 15.1. The van der Waals surface area contributed by atoms with E-state index in [0.717, 1.165) is 6.54 Å². The summed E-state index contributed by atoms with van der Waals surface area (Å²) < 4.78 is 2.41. The molecule has 0 radical (unpaired) electrons. The van der Waals surface area contributed by atoms with Crippen molar-refractivity contribution in [1.82, 2.24) is 9.55 Å². The van der Waals surface area contributed by atoms with Gasteiger partial charge in [0.2, 0.25) is 0 Å². The Morgan fingerprint density at radius 2 is 2.12 bits per heavy atom. The zero-order valence-electron chi connectivity index (χ0n) is 10.2. The summed E-state index contributed by atoms with van der Waals surface area (Å²) in [6.45, 7) is 8.04. The van der Waals surface area contributed by atoms with Crippen molar-refractivity contribution in [2.45, 2.75) is 45.6 Å². The van der Waals surface area contributed by atoms with Crippen molar-refractivity contribution in [2.75, 3.05) is 0 Å². The first-order valence-electron chi connectivity index (χ1n) is 6.05. The van der Waals surface area contributed by atoms with Crippen molar-refractivity contribution in [2.24, 2.45) is 0 Å². The second-order valence-corrected chi connectivity index (χ2v) is 5.70. The van der Waals surface area contributed by atoms with E-state index < -0.39 is 0 Å². The third kappa shape index (κ3) is 1.22. The second-order valence-electron chi connectivity index (χ2n) is 5.70. The Morgan fingerprint density at radius 1 is 1.31 bits per heavy atom. The molecule has 0 fully saturated rings. The van der Waals surface area contributed by atoms with E-state index in [0.29, 0.717) is 0 Å². The van der Waals surface area contributed by atoms with Gasteiger partial charge in [-0.3, -0.25) is 0 Å². The molecule has 0 bridgehead atoms. The molecule has 3 rings (SSSR count). The maximum absolute atomic E-state index is 4.55. The Labute approximate surface area is 96.3 Å². The Morgan fingerprint density at radius 3 is 2.88 bits per heavy atom. The molecule has 2 aromatic heterocycles. The average molecular weight is 214 g/mol. The number of pyridine rings is 1. The first-order valence-corrected chi connectivity index (χ1v) is 6.05. The number of hydrogen-bond acceptors (Lipinski definition) is 1. The molecular weight excluding hydrogens is 196 g/mol. The Balaban J connectivity index is 2.42. The van der Waals surface area contributed by atoms with Crippen molar-refractivity contribution in [3.05, 3.63) is 29.6 Å². The molecule has 0 unspecified atom stereocenters. The van der Waals surface area contributed by atoms with Gasteiger partial charge in [-0.2, -0.15) is 0 Å². The van der Waals surface area contributed by atoms with E-state index in [1.54, 1.807) is 0 Å². The molecule has 3 heterocycles. The lowest BCUT2D eigenvalue weighted by molar-refractivity contribution is 0.587. The number of nitrogens with zero attached hydrogens (tertiary/aromatic N) is 2. The largest absolute Gasteiger partial charge is 0.329 e. The van der Waals surface area contributed by atoms with Crippen molar-refractivity contribution in [1.29, 1.82) is 0 Å². The molecule has 0 spiro atoms. The number of rotatable bonds is 0. The van der Waals surface area contributed by atoms with Crippen LogP contribution in [-0.2, 0) is 18.4 Å². The first-order chi connectivity index (χ1) is 7.59. The lowest BCUT2D eigenvalue weighted by Gasteiger charge is -2.19. The minimum absolute atomic E-state index is 0.214. The minimum atomic E-state index is 0.214. The molecule has 2 nitrogen and oxygen atoms in total. The number of fused-ring (bicyclic) bond motifs is 3. The lowest BCUT2D eigenvalue weighted by Crippen LogP contribution is -2.13. The van der Waals surface area contributed by atoms with Crippen LogP contribution in [0.25, 0.3) is 11.0 Å². The van der Waals surface area contributed by atoms with Gasteiger partial charge in [0.1, 0.15) is 5.65 Å². The summed E-state index contributed by atoms with van der Waals surface area (Å²) in [5.41, 5.74) is 4.42. The zero-order chi connectivity index (χ0) is 11.3. The third-order valence-electron chi connectivity index (χ3n) is 3.47. The van der Waals surface area contributed by atoms with Gasteiger partial charge in [-0.05, 0) is 36.0 Å². The molecule has 0 saturated carbocycles. The number of aromatic nitrogens is 2. The summed E-state index contributed by atoms with van der Waals surface area (Å²) >= 11 is 0. The van der Waals surface area contributed by atoms with Gasteiger partial charge in [0.15, 0.2) is 0 Å². The summed E-state index contributed by atoms with van der Waals surface area (Å²) in [5, 5.41) is 1.35. The zero-order valence-corrected chi connectivity index (χ0v) is 10.2. The molecule has 0 saturated heterocycles. The summed E-state index contributed by atoms with van der Waals surface area (Å²) in [4.78, 5) is 4.55. The maximum atomic E-state index is 4.55. The number of aryl methyl sites for hydroxylation is 1.